The molecule has 0 aliphatic carbocycles. The second-order valence-electron chi connectivity index (χ2n) is 5.11. The van der Waals surface area contributed by atoms with Crippen molar-refractivity contribution in [3.8, 4) is 0 Å². The Hall–Kier alpha value is -1.88. The summed E-state index contributed by atoms with van der Waals surface area (Å²) >= 11 is 5.61. The lowest BCUT2D eigenvalue weighted by molar-refractivity contribution is -0.131. The van der Waals surface area contributed by atoms with Gasteiger partial charge in [0.25, 0.3) is 5.56 Å². The number of carbonyl (C=O) groups is 1. The zero-order valence-electron chi connectivity index (χ0n) is 11.3. The fourth-order valence-corrected chi connectivity index (χ4v) is 2.93. The molecule has 1 aromatic heterocycles. The van der Waals surface area contributed by atoms with Crippen LogP contribution < -0.4 is 5.56 Å². The molecule has 21 heavy (non-hydrogen) atoms. The van der Waals surface area contributed by atoms with E-state index in [1.165, 1.54) is 12.1 Å². The largest absolute Gasteiger partial charge is 0.338 e. The van der Waals surface area contributed by atoms with Crippen LogP contribution in [0.5, 0.6) is 0 Å². The van der Waals surface area contributed by atoms with Gasteiger partial charge in [0.2, 0.25) is 5.91 Å². The topological polar surface area (TPSA) is 53.2 Å². The number of halogens is 2. The summed E-state index contributed by atoms with van der Waals surface area (Å²) in [7, 11) is 0. The Balaban J connectivity index is 2.08. The smallest absolute Gasteiger partial charge is 0.256 e. The zero-order valence-corrected chi connectivity index (χ0v) is 12.0. The molecule has 4 nitrogen and oxygen atoms in total. The maximum Gasteiger partial charge on any atom is 0.256 e. The molecule has 0 fully saturated rings. The number of hydrogen-bond donors (Lipinski definition) is 1. The Morgan fingerprint density at radius 1 is 1.38 bits per heavy atom. The third-order valence-electron chi connectivity index (χ3n) is 3.82. The van der Waals surface area contributed by atoms with Gasteiger partial charge in [-0.1, -0.05) is 6.07 Å². The van der Waals surface area contributed by atoms with Crippen LogP contribution in [0.2, 0.25) is 0 Å². The normalized spacial score (nSPS) is 14.3. The van der Waals surface area contributed by atoms with Crippen molar-refractivity contribution < 1.29 is 9.18 Å². The number of carbonyl (C=O) groups excluding carboxylic acids is 1. The molecule has 110 valence electrons. The number of nitrogens with zero attached hydrogens (tertiary/aromatic N) is 1. The van der Waals surface area contributed by atoms with E-state index in [0.29, 0.717) is 42.6 Å². The molecule has 1 aliphatic rings. The van der Waals surface area contributed by atoms with Gasteiger partial charge in [-0.15, -0.1) is 11.6 Å². The number of alkyl halides is 1. The number of H-pyrrole nitrogens is 1. The minimum atomic E-state index is -0.446. The summed E-state index contributed by atoms with van der Waals surface area (Å²) in [5, 5.41) is 1.03. The highest BCUT2D eigenvalue weighted by Crippen LogP contribution is 2.25. The van der Waals surface area contributed by atoms with Gasteiger partial charge in [0.1, 0.15) is 5.82 Å². The van der Waals surface area contributed by atoms with Crippen molar-refractivity contribution in [1.82, 2.24) is 9.88 Å². The van der Waals surface area contributed by atoms with Gasteiger partial charge in [-0.05, 0) is 23.1 Å². The summed E-state index contributed by atoms with van der Waals surface area (Å²) in [4.78, 5) is 28.5. The van der Waals surface area contributed by atoms with E-state index in [9.17, 15) is 14.0 Å². The molecule has 0 radical (unpaired) electrons. The Morgan fingerprint density at radius 3 is 2.95 bits per heavy atom. The second-order valence-corrected chi connectivity index (χ2v) is 5.48. The molecule has 0 unspecified atom stereocenters. The van der Waals surface area contributed by atoms with Crippen molar-refractivity contribution in [2.45, 2.75) is 19.4 Å². The lowest BCUT2D eigenvalue weighted by atomic mass is 9.98. The molecule has 1 aromatic carbocycles. The van der Waals surface area contributed by atoms with Gasteiger partial charge in [0.05, 0.1) is 5.39 Å². The predicted molar refractivity (Wildman–Crippen MR) is 79.0 cm³/mol. The molecule has 0 spiro atoms. The standard InChI is InChI=1S/C15H14ClFN2O2/c16-5-3-14(20)19-6-4-13-12(8-19)10-2-1-9(17)7-11(10)15(21)18-13/h1-2,7H,3-6,8H2,(H,18,21). The van der Waals surface area contributed by atoms with Crippen LogP contribution >= 0.6 is 11.6 Å². The average Bonchev–Trinajstić information content (AvgIpc) is 2.47. The van der Waals surface area contributed by atoms with E-state index in [0.717, 1.165) is 11.3 Å². The van der Waals surface area contributed by atoms with Gasteiger partial charge in [-0.3, -0.25) is 9.59 Å². The van der Waals surface area contributed by atoms with E-state index < -0.39 is 5.82 Å². The average molecular weight is 309 g/mol. The first-order valence-corrected chi connectivity index (χ1v) is 7.30. The van der Waals surface area contributed by atoms with E-state index in [2.05, 4.69) is 4.98 Å². The van der Waals surface area contributed by atoms with Crippen molar-refractivity contribution in [2.24, 2.45) is 0 Å². The molecular weight excluding hydrogens is 295 g/mol. The van der Waals surface area contributed by atoms with E-state index in [4.69, 9.17) is 11.6 Å². The first-order chi connectivity index (χ1) is 10.1. The summed E-state index contributed by atoms with van der Waals surface area (Å²) in [5.41, 5.74) is 1.43. The van der Waals surface area contributed by atoms with Gasteiger partial charge < -0.3 is 9.88 Å². The Morgan fingerprint density at radius 2 is 2.19 bits per heavy atom. The monoisotopic (exact) mass is 308 g/mol. The van der Waals surface area contributed by atoms with Crippen LogP contribution in [0.3, 0.4) is 0 Å². The SMILES string of the molecule is O=C(CCCl)N1CCc2[nH]c(=O)c3cc(F)ccc3c2C1. The molecule has 0 atom stereocenters. The van der Waals surface area contributed by atoms with Gasteiger partial charge in [-0.2, -0.15) is 0 Å². The summed E-state index contributed by atoms with van der Waals surface area (Å²) < 4.78 is 13.3. The van der Waals surface area contributed by atoms with Gasteiger partial charge in [-0.25, -0.2) is 4.39 Å². The number of hydrogen-bond acceptors (Lipinski definition) is 2. The predicted octanol–water partition coefficient (Wildman–Crippen LogP) is 2.18. The number of rotatable bonds is 2. The van der Waals surface area contributed by atoms with Gasteiger partial charge in [0, 0.05) is 37.5 Å². The highest BCUT2D eigenvalue weighted by molar-refractivity contribution is 6.18. The van der Waals surface area contributed by atoms with Crippen molar-refractivity contribution in [3.05, 3.63) is 45.6 Å². The third kappa shape index (κ3) is 2.53. The van der Waals surface area contributed by atoms with E-state index in [-0.39, 0.29) is 11.5 Å². The summed E-state index contributed by atoms with van der Waals surface area (Å²) in [5.74, 6) is -0.157. The first kappa shape index (κ1) is 14.1. The van der Waals surface area contributed by atoms with E-state index >= 15 is 0 Å². The van der Waals surface area contributed by atoms with Crippen molar-refractivity contribution in [3.63, 3.8) is 0 Å². The van der Waals surface area contributed by atoms with Crippen molar-refractivity contribution >= 4 is 28.3 Å². The molecular formula is C15H14ClFN2O2. The minimum absolute atomic E-state index is 0.00267. The Labute approximate surface area is 125 Å². The van der Waals surface area contributed by atoms with Crippen LogP contribution in [0.25, 0.3) is 10.8 Å². The van der Waals surface area contributed by atoms with Gasteiger partial charge >= 0.3 is 0 Å². The van der Waals surface area contributed by atoms with Crippen molar-refractivity contribution in [2.75, 3.05) is 12.4 Å². The van der Waals surface area contributed by atoms with Crippen LogP contribution in [0.15, 0.2) is 23.0 Å². The van der Waals surface area contributed by atoms with Crippen LogP contribution in [-0.2, 0) is 17.8 Å². The van der Waals surface area contributed by atoms with Crippen LogP contribution in [0.1, 0.15) is 17.7 Å². The second kappa shape index (κ2) is 5.48. The summed E-state index contributed by atoms with van der Waals surface area (Å²) in [6.45, 7) is 0.981. The molecule has 6 heteroatoms. The zero-order chi connectivity index (χ0) is 15.0. The lowest BCUT2D eigenvalue weighted by Gasteiger charge is -2.29. The van der Waals surface area contributed by atoms with E-state index in [1.54, 1.807) is 11.0 Å². The first-order valence-electron chi connectivity index (χ1n) is 6.77. The Kier molecular flexibility index (Phi) is 3.68. The summed E-state index contributed by atoms with van der Waals surface area (Å²) in [6.07, 6.45) is 0.888. The molecule has 0 bridgehead atoms. The maximum atomic E-state index is 13.3. The fourth-order valence-electron chi connectivity index (χ4n) is 2.77. The molecule has 2 heterocycles. The fraction of sp³-hybridized carbons (Fsp3) is 0.333. The maximum absolute atomic E-state index is 13.3. The molecule has 1 amide bonds. The number of nitrogens with one attached hydrogen (secondary N) is 1. The minimum Gasteiger partial charge on any atom is -0.338 e. The number of pyridine rings is 1. The number of aromatic nitrogens is 1. The Bertz CT molecular complexity index is 772. The molecule has 2 aromatic rings. The van der Waals surface area contributed by atoms with Crippen molar-refractivity contribution in [1.29, 1.82) is 0 Å². The molecule has 1 aliphatic heterocycles. The molecule has 0 saturated carbocycles. The molecule has 3 rings (SSSR count). The number of benzene rings is 1. The van der Waals surface area contributed by atoms with E-state index in [1.807, 2.05) is 0 Å². The molecule has 1 N–H and O–H groups in total. The summed E-state index contributed by atoms with van der Waals surface area (Å²) in [6, 6.07) is 4.17. The number of fused-ring (bicyclic) bond motifs is 3. The van der Waals surface area contributed by atoms with Crippen LogP contribution in [-0.4, -0.2) is 28.2 Å². The third-order valence-corrected chi connectivity index (χ3v) is 4.01. The highest BCUT2D eigenvalue weighted by Gasteiger charge is 2.23. The number of amides is 1. The van der Waals surface area contributed by atoms with Crippen LogP contribution in [0, 0.1) is 5.82 Å². The number of aromatic amines is 1. The van der Waals surface area contributed by atoms with Gasteiger partial charge in [0.15, 0.2) is 0 Å². The van der Waals surface area contributed by atoms with Crippen LogP contribution in [0.4, 0.5) is 4.39 Å². The highest BCUT2D eigenvalue weighted by atomic mass is 35.5. The quantitative estimate of drug-likeness (QED) is 0.865. The lowest BCUT2D eigenvalue weighted by Crippen LogP contribution is -2.37. The molecule has 0 saturated heterocycles.